The summed E-state index contributed by atoms with van der Waals surface area (Å²) in [6.45, 7) is 0.479. The summed E-state index contributed by atoms with van der Waals surface area (Å²) < 4.78 is 18.5. The van der Waals surface area contributed by atoms with E-state index in [1.54, 1.807) is 6.07 Å². The molecule has 0 fully saturated rings. The summed E-state index contributed by atoms with van der Waals surface area (Å²) in [5.41, 5.74) is 8.38. The van der Waals surface area contributed by atoms with Gasteiger partial charge in [0.25, 0.3) is 0 Å². The Morgan fingerprint density at radius 3 is 2.53 bits per heavy atom. The van der Waals surface area contributed by atoms with Crippen LogP contribution in [0.15, 0.2) is 42.5 Å². The Balaban J connectivity index is 2.42. The summed E-state index contributed by atoms with van der Waals surface area (Å²) in [7, 11) is 1.45. The summed E-state index contributed by atoms with van der Waals surface area (Å²) in [5.74, 6) is -0.105. The molecule has 2 rings (SSSR count). The summed E-state index contributed by atoms with van der Waals surface area (Å²) in [4.78, 5) is 0. The van der Waals surface area contributed by atoms with Gasteiger partial charge in [0.1, 0.15) is 0 Å². The number of ether oxygens (including phenoxy) is 1. The Kier molecular flexibility index (Phi) is 3.40. The van der Waals surface area contributed by atoms with Gasteiger partial charge in [0, 0.05) is 6.54 Å². The van der Waals surface area contributed by atoms with E-state index in [0.717, 1.165) is 16.7 Å². The standard InChI is InChI=1S/C14H14FNO/c1-17-14-6-5-12(8-13(14)15)11-4-2-3-10(7-11)9-16/h2-8H,9,16H2,1H3. The van der Waals surface area contributed by atoms with Crippen molar-refractivity contribution < 1.29 is 9.13 Å². The van der Waals surface area contributed by atoms with E-state index in [1.165, 1.54) is 13.2 Å². The van der Waals surface area contributed by atoms with E-state index in [2.05, 4.69) is 0 Å². The lowest BCUT2D eigenvalue weighted by Gasteiger charge is -2.06. The van der Waals surface area contributed by atoms with E-state index in [1.807, 2.05) is 30.3 Å². The maximum absolute atomic E-state index is 13.6. The van der Waals surface area contributed by atoms with Crippen LogP contribution in [0.25, 0.3) is 11.1 Å². The molecule has 0 unspecified atom stereocenters. The summed E-state index contributed by atoms with van der Waals surface area (Å²) in [5, 5.41) is 0. The number of benzene rings is 2. The highest BCUT2D eigenvalue weighted by Gasteiger charge is 2.05. The fraction of sp³-hybridized carbons (Fsp3) is 0.143. The lowest BCUT2D eigenvalue weighted by atomic mass is 10.0. The minimum atomic E-state index is -0.358. The highest BCUT2D eigenvalue weighted by Crippen LogP contribution is 2.25. The van der Waals surface area contributed by atoms with Gasteiger partial charge in [0.2, 0.25) is 0 Å². The molecule has 0 spiro atoms. The van der Waals surface area contributed by atoms with E-state index in [9.17, 15) is 4.39 Å². The fourth-order valence-corrected chi connectivity index (χ4v) is 1.72. The first-order valence-electron chi connectivity index (χ1n) is 5.37. The Morgan fingerprint density at radius 1 is 1.12 bits per heavy atom. The zero-order valence-corrected chi connectivity index (χ0v) is 9.61. The number of rotatable bonds is 3. The Hall–Kier alpha value is -1.87. The maximum atomic E-state index is 13.6. The molecule has 0 bridgehead atoms. The SMILES string of the molecule is COc1ccc(-c2cccc(CN)c2)cc1F. The summed E-state index contributed by atoms with van der Waals surface area (Å²) >= 11 is 0. The van der Waals surface area contributed by atoms with Crippen molar-refractivity contribution in [2.75, 3.05) is 7.11 Å². The van der Waals surface area contributed by atoms with Crippen LogP contribution < -0.4 is 10.5 Å². The van der Waals surface area contributed by atoms with Gasteiger partial charge < -0.3 is 10.5 Å². The molecule has 0 aromatic heterocycles. The van der Waals surface area contributed by atoms with E-state index < -0.39 is 0 Å². The first-order chi connectivity index (χ1) is 8.24. The van der Waals surface area contributed by atoms with Crippen molar-refractivity contribution in [3.63, 3.8) is 0 Å². The Morgan fingerprint density at radius 2 is 1.88 bits per heavy atom. The van der Waals surface area contributed by atoms with Gasteiger partial charge in [-0.1, -0.05) is 24.3 Å². The predicted octanol–water partition coefficient (Wildman–Crippen LogP) is 2.96. The van der Waals surface area contributed by atoms with E-state index in [4.69, 9.17) is 10.5 Å². The molecule has 2 aromatic carbocycles. The monoisotopic (exact) mass is 231 g/mol. The molecule has 3 heteroatoms. The third-order valence-corrected chi connectivity index (χ3v) is 2.65. The predicted molar refractivity (Wildman–Crippen MR) is 66.3 cm³/mol. The van der Waals surface area contributed by atoms with Crippen LogP contribution in [-0.4, -0.2) is 7.11 Å². The number of methoxy groups -OCH3 is 1. The third-order valence-electron chi connectivity index (χ3n) is 2.65. The van der Waals surface area contributed by atoms with E-state index in [-0.39, 0.29) is 11.6 Å². The molecule has 0 atom stereocenters. The van der Waals surface area contributed by atoms with Gasteiger partial charge >= 0.3 is 0 Å². The second-order valence-electron chi connectivity index (χ2n) is 3.75. The fourth-order valence-electron chi connectivity index (χ4n) is 1.72. The lowest BCUT2D eigenvalue weighted by molar-refractivity contribution is 0.386. The van der Waals surface area contributed by atoms with Gasteiger partial charge in [-0.05, 0) is 34.9 Å². The van der Waals surface area contributed by atoms with Crippen molar-refractivity contribution in [2.45, 2.75) is 6.54 Å². The van der Waals surface area contributed by atoms with Crippen molar-refractivity contribution in [3.8, 4) is 16.9 Å². The molecule has 17 heavy (non-hydrogen) atoms. The average Bonchev–Trinajstić information content (AvgIpc) is 2.38. The third kappa shape index (κ3) is 2.45. The van der Waals surface area contributed by atoms with Gasteiger partial charge in [-0.3, -0.25) is 0 Å². The van der Waals surface area contributed by atoms with Gasteiger partial charge in [-0.2, -0.15) is 0 Å². The second kappa shape index (κ2) is 4.97. The number of hydrogen-bond donors (Lipinski definition) is 1. The highest BCUT2D eigenvalue weighted by molar-refractivity contribution is 5.65. The van der Waals surface area contributed by atoms with Gasteiger partial charge in [-0.25, -0.2) is 4.39 Å². The molecule has 2 N–H and O–H groups in total. The van der Waals surface area contributed by atoms with Crippen molar-refractivity contribution in [2.24, 2.45) is 5.73 Å². The molecular weight excluding hydrogens is 217 g/mol. The van der Waals surface area contributed by atoms with Gasteiger partial charge in [-0.15, -0.1) is 0 Å². The van der Waals surface area contributed by atoms with Crippen LogP contribution in [0.3, 0.4) is 0 Å². The lowest BCUT2D eigenvalue weighted by Crippen LogP contribution is -1.96. The average molecular weight is 231 g/mol. The summed E-state index contributed by atoms with van der Waals surface area (Å²) in [6.07, 6.45) is 0. The van der Waals surface area contributed by atoms with Crippen molar-refractivity contribution >= 4 is 0 Å². The smallest absolute Gasteiger partial charge is 0.165 e. The van der Waals surface area contributed by atoms with Crippen LogP contribution in [0.5, 0.6) is 5.75 Å². The highest BCUT2D eigenvalue weighted by atomic mass is 19.1. The zero-order valence-electron chi connectivity index (χ0n) is 9.61. The van der Waals surface area contributed by atoms with Crippen LogP contribution in [0, 0.1) is 5.82 Å². The van der Waals surface area contributed by atoms with E-state index >= 15 is 0 Å². The number of nitrogens with two attached hydrogens (primary N) is 1. The topological polar surface area (TPSA) is 35.2 Å². The zero-order chi connectivity index (χ0) is 12.3. The molecular formula is C14H14FNO. The van der Waals surface area contributed by atoms with Crippen LogP contribution in [0.2, 0.25) is 0 Å². The first-order valence-corrected chi connectivity index (χ1v) is 5.37. The van der Waals surface area contributed by atoms with Crippen LogP contribution in [0.1, 0.15) is 5.56 Å². The molecule has 0 saturated heterocycles. The Bertz CT molecular complexity index is 525. The molecule has 0 radical (unpaired) electrons. The quantitative estimate of drug-likeness (QED) is 0.881. The molecule has 2 aromatic rings. The molecule has 0 aliphatic rings. The minimum absolute atomic E-state index is 0.253. The molecule has 88 valence electrons. The van der Waals surface area contributed by atoms with Crippen molar-refractivity contribution in [1.82, 2.24) is 0 Å². The minimum Gasteiger partial charge on any atom is -0.494 e. The Labute approximate surface area is 99.8 Å². The normalized spacial score (nSPS) is 10.3. The molecule has 0 heterocycles. The molecule has 0 aliphatic carbocycles. The van der Waals surface area contributed by atoms with Crippen LogP contribution >= 0.6 is 0 Å². The second-order valence-corrected chi connectivity index (χ2v) is 3.75. The largest absolute Gasteiger partial charge is 0.494 e. The molecule has 2 nitrogen and oxygen atoms in total. The van der Waals surface area contributed by atoms with Crippen molar-refractivity contribution in [3.05, 3.63) is 53.8 Å². The van der Waals surface area contributed by atoms with Crippen LogP contribution in [-0.2, 0) is 6.54 Å². The van der Waals surface area contributed by atoms with Gasteiger partial charge in [0.15, 0.2) is 11.6 Å². The molecule has 0 amide bonds. The molecule has 0 saturated carbocycles. The number of halogens is 1. The number of hydrogen-bond acceptors (Lipinski definition) is 2. The van der Waals surface area contributed by atoms with E-state index in [0.29, 0.717) is 6.54 Å². The first kappa shape index (κ1) is 11.6. The molecule has 0 aliphatic heterocycles. The maximum Gasteiger partial charge on any atom is 0.165 e. The summed E-state index contributed by atoms with van der Waals surface area (Å²) in [6, 6.07) is 12.7. The van der Waals surface area contributed by atoms with Crippen molar-refractivity contribution in [1.29, 1.82) is 0 Å². The van der Waals surface area contributed by atoms with Gasteiger partial charge in [0.05, 0.1) is 7.11 Å². The van der Waals surface area contributed by atoms with Crippen LogP contribution in [0.4, 0.5) is 4.39 Å².